The lowest BCUT2D eigenvalue weighted by molar-refractivity contribution is 0.459. The average molecular weight is 178 g/mol. The van der Waals surface area contributed by atoms with Crippen LogP contribution in [0.5, 0.6) is 0 Å². The van der Waals surface area contributed by atoms with Gasteiger partial charge in [0.15, 0.2) is 0 Å². The summed E-state index contributed by atoms with van der Waals surface area (Å²) in [4.78, 5) is 6.76. The fraction of sp³-hybridized carbons (Fsp3) is 0.545. The van der Waals surface area contributed by atoms with Crippen LogP contribution in [0.2, 0.25) is 0 Å². The zero-order valence-electron chi connectivity index (χ0n) is 8.75. The van der Waals surface area contributed by atoms with Gasteiger partial charge in [0.2, 0.25) is 0 Å². The minimum atomic E-state index is 0.954. The van der Waals surface area contributed by atoms with E-state index in [4.69, 9.17) is 0 Å². The largest absolute Gasteiger partial charge is 0.360 e. The molecule has 1 rings (SSSR count). The summed E-state index contributed by atoms with van der Waals surface area (Å²) in [6, 6.07) is 0. The molecule has 72 valence electrons. The number of aliphatic imine (C=N–C) groups is 1. The Hall–Kier alpha value is -1.05. The van der Waals surface area contributed by atoms with Crippen LogP contribution in [-0.4, -0.2) is 23.8 Å². The molecule has 0 aromatic heterocycles. The molecule has 1 aliphatic heterocycles. The van der Waals surface area contributed by atoms with E-state index >= 15 is 0 Å². The molecule has 2 heteroatoms. The Balaban J connectivity index is 2.75. The maximum atomic E-state index is 4.46. The quantitative estimate of drug-likeness (QED) is 0.634. The highest BCUT2D eigenvalue weighted by molar-refractivity contribution is 5.84. The van der Waals surface area contributed by atoms with Crippen LogP contribution in [0.1, 0.15) is 27.2 Å². The van der Waals surface area contributed by atoms with Gasteiger partial charge in [-0.05, 0) is 26.3 Å². The lowest BCUT2D eigenvalue weighted by Crippen LogP contribution is -2.29. The van der Waals surface area contributed by atoms with Crippen molar-refractivity contribution < 1.29 is 0 Å². The molecule has 2 nitrogen and oxygen atoms in total. The second-order valence-corrected chi connectivity index (χ2v) is 3.20. The van der Waals surface area contributed by atoms with Crippen LogP contribution in [0.4, 0.5) is 0 Å². The van der Waals surface area contributed by atoms with Gasteiger partial charge in [0.25, 0.3) is 0 Å². The normalized spacial score (nSPS) is 16.2. The van der Waals surface area contributed by atoms with Gasteiger partial charge < -0.3 is 4.90 Å². The van der Waals surface area contributed by atoms with E-state index in [2.05, 4.69) is 42.8 Å². The second-order valence-electron chi connectivity index (χ2n) is 3.20. The maximum Gasteiger partial charge on any atom is 0.108 e. The van der Waals surface area contributed by atoms with Gasteiger partial charge in [-0.15, -0.1) is 0 Å². The minimum Gasteiger partial charge on any atom is -0.360 e. The van der Waals surface area contributed by atoms with Crippen LogP contribution in [0.15, 0.2) is 28.9 Å². The highest BCUT2D eigenvalue weighted by atomic mass is 15.2. The van der Waals surface area contributed by atoms with Crippen molar-refractivity contribution in [3.8, 4) is 0 Å². The molecule has 0 radical (unpaired) electrons. The molecule has 1 aliphatic rings. The first-order chi connectivity index (χ1) is 6.27. The number of rotatable bonds is 2. The summed E-state index contributed by atoms with van der Waals surface area (Å²) in [5.74, 6) is 1.18. The van der Waals surface area contributed by atoms with Gasteiger partial charge in [0, 0.05) is 25.7 Å². The molecule has 0 fully saturated rings. The van der Waals surface area contributed by atoms with Crippen LogP contribution in [0, 0.1) is 0 Å². The molecule has 0 bridgehead atoms. The van der Waals surface area contributed by atoms with Crippen molar-refractivity contribution in [2.24, 2.45) is 4.99 Å². The highest BCUT2D eigenvalue weighted by Crippen LogP contribution is 2.06. The zero-order valence-corrected chi connectivity index (χ0v) is 8.75. The summed E-state index contributed by atoms with van der Waals surface area (Å²) in [6.45, 7) is 8.48. The summed E-state index contributed by atoms with van der Waals surface area (Å²) >= 11 is 0. The second kappa shape index (κ2) is 4.85. The van der Waals surface area contributed by atoms with E-state index in [9.17, 15) is 0 Å². The molecule has 0 saturated carbocycles. The van der Waals surface area contributed by atoms with Gasteiger partial charge in [-0.25, -0.2) is 4.99 Å². The number of nitrogens with zero attached hydrogens (tertiary/aromatic N) is 2. The summed E-state index contributed by atoms with van der Waals surface area (Å²) in [5, 5.41) is 0. The molecule has 0 aromatic rings. The van der Waals surface area contributed by atoms with Crippen LogP contribution < -0.4 is 0 Å². The molecular formula is C11H18N2. The van der Waals surface area contributed by atoms with Crippen molar-refractivity contribution in [3.05, 3.63) is 23.9 Å². The van der Waals surface area contributed by atoms with Crippen molar-refractivity contribution in [1.82, 2.24) is 4.90 Å². The lowest BCUT2D eigenvalue weighted by atomic mass is 10.2. The number of allylic oxidation sites excluding steroid dienone is 2. The molecule has 0 aliphatic carbocycles. The van der Waals surface area contributed by atoms with E-state index in [0.717, 1.165) is 19.5 Å². The highest BCUT2D eigenvalue weighted by Gasteiger charge is 2.05. The van der Waals surface area contributed by atoms with E-state index < -0.39 is 0 Å². The average Bonchev–Trinajstić information content (AvgIpc) is 2.34. The predicted octanol–water partition coefficient (Wildman–Crippen LogP) is 2.59. The molecular weight excluding hydrogens is 160 g/mol. The first kappa shape index (κ1) is 10.0. The molecule has 0 N–H and O–H groups in total. The molecule has 0 unspecified atom stereocenters. The van der Waals surface area contributed by atoms with E-state index in [-0.39, 0.29) is 0 Å². The first-order valence-electron chi connectivity index (χ1n) is 4.92. The van der Waals surface area contributed by atoms with Gasteiger partial charge in [0.05, 0.1) is 0 Å². The van der Waals surface area contributed by atoms with Crippen LogP contribution >= 0.6 is 0 Å². The van der Waals surface area contributed by atoms with Crippen LogP contribution in [-0.2, 0) is 0 Å². The molecule has 0 saturated heterocycles. The molecule has 0 spiro atoms. The monoisotopic (exact) mass is 178 g/mol. The van der Waals surface area contributed by atoms with Gasteiger partial charge in [-0.3, -0.25) is 0 Å². The number of hydrogen-bond donors (Lipinski definition) is 0. The van der Waals surface area contributed by atoms with E-state index in [1.165, 1.54) is 11.4 Å². The smallest absolute Gasteiger partial charge is 0.108 e. The Morgan fingerprint density at radius 1 is 1.38 bits per heavy atom. The molecule has 0 atom stereocenters. The third-order valence-corrected chi connectivity index (χ3v) is 2.23. The number of hydrogen-bond acceptors (Lipinski definition) is 2. The van der Waals surface area contributed by atoms with Gasteiger partial charge in [-0.1, -0.05) is 12.2 Å². The van der Waals surface area contributed by atoms with Crippen molar-refractivity contribution >= 4 is 5.84 Å². The van der Waals surface area contributed by atoms with Crippen LogP contribution in [0.3, 0.4) is 0 Å². The van der Waals surface area contributed by atoms with E-state index in [1.807, 2.05) is 6.20 Å². The van der Waals surface area contributed by atoms with Crippen molar-refractivity contribution in [3.63, 3.8) is 0 Å². The molecule has 0 aromatic carbocycles. The lowest BCUT2D eigenvalue weighted by Gasteiger charge is -2.21. The van der Waals surface area contributed by atoms with Crippen LogP contribution in [0.25, 0.3) is 0 Å². The Morgan fingerprint density at radius 2 is 2.08 bits per heavy atom. The Kier molecular flexibility index (Phi) is 3.74. The van der Waals surface area contributed by atoms with Crippen molar-refractivity contribution in [2.75, 3.05) is 13.1 Å². The van der Waals surface area contributed by atoms with Gasteiger partial charge in [0.1, 0.15) is 5.84 Å². The zero-order chi connectivity index (χ0) is 9.68. The Bertz CT molecular complexity index is 245. The number of amidine groups is 1. The first-order valence-corrected chi connectivity index (χ1v) is 4.92. The molecule has 13 heavy (non-hydrogen) atoms. The predicted molar refractivity (Wildman–Crippen MR) is 57.9 cm³/mol. The fourth-order valence-corrected chi connectivity index (χ4v) is 1.42. The molecule has 1 heterocycles. The standard InChI is InChI=1S/C11H18N2/c1-4-13(5-2)11-8-6-7-10(3)9-12-11/h6-7,9H,4-5,8H2,1-3H3. The topological polar surface area (TPSA) is 15.6 Å². The summed E-state index contributed by atoms with van der Waals surface area (Å²) in [7, 11) is 0. The van der Waals surface area contributed by atoms with Crippen molar-refractivity contribution in [2.45, 2.75) is 27.2 Å². The Morgan fingerprint density at radius 3 is 2.69 bits per heavy atom. The van der Waals surface area contributed by atoms with E-state index in [1.54, 1.807) is 0 Å². The van der Waals surface area contributed by atoms with Gasteiger partial charge in [-0.2, -0.15) is 0 Å². The van der Waals surface area contributed by atoms with Gasteiger partial charge >= 0.3 is 0 Å². The van der Waals surface area contributed by atoms with Crippen molar-refractivity contribution in [1.29, 1.82) is 0 Å². The third kappa shape index (κ3) is 2.72. The fourth-order valence-electron chi connectivity index (χ4n) is 1.42. The Labute approximate surface area is 80.7 Å². The summed E-state index contributed by atoms with van der Waals surface area (Å²) in [6.07, 6.45) is 7.20. The molecule has 0 amide bonds. The summed E-state index contributed by atoms with van der Waals surface area (Å²) in [5.41, 5.74) is 1.22. The summed E-state index contributed by atoms with van der Waals surface area (Å²) < 4.78 is 0. The maximum absolute atomic E-state index is 4.46. The third-order valence-electron chi connectivity index (χ3n) is 2.23. The van der Waals surface area contributed by atoms with E-state index in [0.29, 0.717) is 0 Å². The minimum absolute atomic E-state index is 0.954. The SMILES string of the molecule is CCN(CC)C1=NC=C(C)C=CC1.